The van der Waals surface area contributed by atoms with Crippen LogP contribution in [-0.2, 0) is 11.3 Å². The van der Waals surface area contributed by atoms with E-state index in [2.05, 4.69) is 6.07 Å². The summed E-state index contributed by atoms with van der Waals surface area (Å²) >= 11 is 0. The standard InChI is InChI=1S/C16H12N2O3/c17-8-11-3-1-2-4-12(11)9-18-14-6-5-13(19)7-15(14)21-10-16(18)20/h1-7,19H,9-10H2. The van der Waals surface area contributed by atoms with Crippen LogP contribution in [0, 0.1) is 11.3 Å². The first-order valence-electron chi connectivity index (χ1n) is 6.43. The second kappa shape index (κ2) is 5.17. The molecule has 104 valence electrons. The van der Waals surface area contributed by atoms with Crippen molar-refractivity contribution in [3.63, 3.8) is 0 Å². The van der Waals surface area contributed by atoms with Crippen molar-refractivity contribution in [1.82, 2.24) is 0 Å². The van der Waals surface area contributed by atoms with Crippen molar-refractivity contribution in [2.24, 2.45) is 0 Å². The van der Waals surface area contributed by atoms with E-state index in [1.54, 1.807) is 23.1 Å². The summed E-state index contributed by atoms with van der Waals surface area (Å²) in [5, 5.41) is 18.6. The van der Waals surface area contributed by atoms with Crippen LogP contribution in [0.2, 0.25) is 0 Å². The molecule has 0 saturated heterocycles. The number of amides is 1. The van der Waals surface area contributed by atoms with Gasteiger partial charge in [0.15, 0.2) is 6.61 Å². The predicted octanol–water partition coefficient (Wildman–Crippen LogP) is 2.19. The molecule has 5 heteroatoms. The molecule has 2 aromatic rings. The lowest BCUT2D eigenvalue weighted by molar-refractivity contribution is -0.121. The molecule has 0 aliphatic carbocycles. The van der Waals surface area contributed by atoms with Gasteiger partial charge in [-0.15, -0.1) is 0 Å². The zero-order chi connectivity index (χ0) is 14.8. The van der Waals surface area contributed by atoms with Crippen LogP contribution in [-0.4, -0.2) is 17.6 Å². The summed E-state index contributed by atoms with van der Waals surface area (Å²) in [6.07, 6.45) is 0. The number of benzene rings is 2. The highest BCUT2D eigenvalue weighted by molar-refractivity contribution is 5.97. The lowest BCUT2D eigenvalue weighted by Gasteiger charge is -2.29. The molecule has 0 fully saturated rings. The maximum Gasteiger partial charge on any atom is 0.265 e. The van der Waals surface area contributed by atoms with E-state index in [1.165, 1.54) is 12.1 Å². The fourth-order valence-electron chi connectivity index (χ4n) is 2.30. The summed E-state index contributed by atoms with van der Waals surface area (Å²) in [6, 6.07) is 13.9. The van der Waals surface area contributed by atoms with Gasteiger partial charge in [0.1, 0.15) is 11.5 Å². The summed E-state index contributed by atoms with van der Waals surface area (Å²) in [5.41, 5.74) is 1.91. The van der Waals surface area contributed by atoms with E-state index in [-0.39, 0.29) is 18.3 Å². The number of phenols is 1. The molecule has 3 rings (SSSR count). The average Bonchev–Trinajstić information content (AvgIpc) is 2.50. The van der Waals surface area contributed by atoms with E-state index in [9.17, 15) is 9.90 Å². The van der Waals surface area contributed by atoms with Crippen molar-refractivity contribution in [3.05, 3.63) is 53.6 Å². The average molecular weight is 280 g/mol. The molecule has 0 radical (unpaired) electrons. The van der Waals surface area contributed by atoms with Gasteiger partial charge in [-0.2, -0.15) is 5.26 Å². The number of fused-ring (bicyclic) bond motifs is 1. The minimum absolute atomic E-state index is 0.0782. The van der Waals surface area contributed by atoms with Crippen molar-refractivity contribution in [2.45, 2.75) is 6.54 Å². The largest absolute Gasteiger partial charge is 0.508 e. The van der Waals surface area contributed by atoms with Gasteiger partial charge in [0, 0.05) is 6.07 Å². The van der Waals surface area contributed by atoms with E-state index in [0.717, 1.165) is 5.56 Å². The summed E-state index contributed by atoms with van der Waals surface area (Å²) in [5.74, 6) is 0.366. The molecule has 5 nitrogen and oxygen atoms in total. The Balaban J connectivity index is 1.99. The van der Waals surface area contributed by atoms with Gasteiger partial charge in [-0.3, -0.25) is 4.79 Å². The number of rotatable bonds is 2. The molecule has 1 heterocycles. The Morgan fingerprint density at radius 3 is 2.90 bits per heavy atom. The fraction of sp³-hybridized carbons (Fsp3) is 0.125. The molecule has 1 aliphatic rings. The third-order valence-corrected chi connectivity index (χ3v) is 3.35. The van der Waals surface area contributed by atoms with Gasteiger partial charge in [-0.05, 0) is 23.8 Å². The summed E-state index contributed by atoms with van der Waals surface area (Å²) in [4.78, 5) is 13.7. The Bertz CT molecular complexity index is 749. The fourth-order valence-corrected chi connectivity index (χ4v) is 2.30. The minimum atomic E-state index is -0.180. The summed E-state index contributed by atoms with van der Waals surface area (Å²) < 4.78 is 5.32. The van der Waals surface area contributed by atoms with Crippen molar-refractivity contribution in [2.75, 3.05) is 11.5 Å². The number of nitrogens with zero attached hydrogens (tertiary/aromatic N) is 2. The van der Waals surface area contributed by atoms with Crippen molar-refractivity contribution >= 4 is 11.6 Å². The number of aromatic hydroxyl groups is 1. The van der Waals surface area contributed by atoms with E-state index >= 15 is 0 Å². The molecule has 0 spiro atoms. The number of ether oxygens (including phenoxy) is 1. The maximum absolute atomic E-state index is 12.1. The van der Waals surface area contributed by atoms with Crippen molar-refractivity contribution in [1.29, 1.82) is 5.26 Å². The Labute approximate surface area is 121 Å². The lowest BCUT2D eigenvalue weighted by Crippen LogP contribution is -2.38. The first kappa shape index (κ1) is 13.0. The topological polar surface area (TPSA) is 73.6 Å². The molecular formula is C16H12N2O3. The number of hydrogen-bond donors (Lipinski definition) is 1. The number of carbonyl (C=O) groups is 1. The van der Waals surface area contributed by atoms with Crippen LogP contribution in [0.4, 0.5) is 5.69 Å². The van der Waals surface area contributed by atoms with Crippen molar-refractivity contribution < 1.29 is 14.6 Å². The van der Waals surface area contributed by atoms with Gasteiger partial charge in [-0.1, -0.05) is 18.2 Å². The lowest BCUT2D eigenvalue weighted by atomic mass is 10.1. The maximum atomic E-state index is 12.1. The third kappa shape index (κ3) is 2.39. The predicted molar refractivity (Wildman–Crippen MR) is 75.9 cm³/mol. The molecule has 0 bridgehead atoms. The molecule has 21 heavy (non-hydrogen) atoms. The number of nitriles is 1. The summed E-state index contributed by atoms with van der Waals surface area (Å²) in [6.45, 7) is 0.217. The monoisotopic (exact) mass is 280 g/mol. The van der Waals surface area contributed by atoms with Crippen LogP contribution in [0.3, 0.4) is 0 Å². The van der Waals surface area contributed by atoms with Crippen LogP contribution in [0.1, 0.15) is 11.1 Å². The zero-order valence-corrected chi connectivity index (χ0v) is 11.1. The molecule has 1 N–H and O–H groups in total. The van der Waals surface area contributed by atoms with Gasteiger partial charge >= 0.3 is 0 Å². The quantitative estimate of drug-likeness (QED) is 0.915. The summed E-state index contributed by atoms with van der Waals surface area (Å²) in [7, 11) is 0. The molecule has 0 unspecified atom stereocenters. The molecule has 2 aromatic carbocycles. The van der Waals surface area contributed by atoms with Gasteiger partial charge in [0.25, 0.3) is 5.91 Å². The Kier molecular flexibility index (Phi) is 3.20. The third-order valence-electron chi connectivity index (χ3n) is 3.35. The highest BCUT2D eigenvalue weighted by Gasteiger charge is 2.26. The van der Waals surface area contributed by atoms with E-state index in [0.29, 0.717) is 23.5 Å². The Morgan fingerprint density at radius 2 is 2.10 bits per heavy atom. The molecule has 1 aliphatic heterocycles. The number of phenolic OH excluding ortho intramolecular Hbond substituents is 1. The van der Waals surface area contributed by atoms with Crippen LogP contribution in [0.5, 0.6) is 11.5 Å². The highest BCUT2D eigenvalue weighted by Crippen LogP contribution is 2.35. The molecule has 1 amide bonds. The van der Waals surface area contributed by atoms with Crippen LogP contribution in [0.25, 0.3) is 0 Å². The first-order valence-corrected chi connectivity index (χ1v) is 6.43. The van der Waals surface area contributed by atoms with E-state index in [4.69, 9.17) is 10.00 Å². The molecule has 0 aromatic heterocycles. The van der Waals surface area contributed by atoms with Crippen LogP contribution < -0.4 is 9.64 Å². The Hall–Kier alpha value is -3.00. The van der Waals surface area contributed by atoms with E-state index in [1.807, 2.05) is 12.1 Å². The number of carbonyl (C=O) groups excluding carboxylic acids is 1. The van der Waals surface area contributed by atoms with Gasteiger partial charge < -0.3 is 14.7 Å². The molecule has 0 atom stereocenters. The van der Waals surface area contributed by atoms with Crippen LogP contribution >= 0.6 is 0 Å². The number of hydrogen-bond acceptors (Lipinski definition) is 4. The molecule has 0 saturated carbocycles. The Morgan fingerprint density at radius 1 is 1.29 bits per heavy atom. The van der Waals surface area contributed by atoms with Crippen molar-refractivity contribution in [3.8, 4) is 17.6 Å². The second-order valence-corrected chi connectivity index (χ2v) is 4.69. The number of anilines is 1. The van der Waals surface area contributed by atoms with Crippen LogP contribution in [0.15, 0.2) is 42.5 Å². The second-order valence-electron chi connectivity index (χ2n) is 4.69. The normalized spacial score (nSPS) is 13.3. The van der Waals surface area contributed by atoms with Gasteiger partial charge in [0.2, 0.25) is 0 Å². The smallest absolute Gasteiger partial charge is 0.265 e. The zero-order valence-electron chi connectivity index (χ0n) is 11.1. The minimum Gasteiger partial charge on any atom is -0.508 e. The van der Waals surface area contributed by atoms with Gasteiger partial charge in [-0.25, -0.2) is 0 Å². The van der Waals surface area contributed by atoms with E-state index < -0.39 is 0 Å². The molecular weight excluding hydrogens is 268 g/mol. The van der Waals surface area contributed by atoms with Gasteiger partial charge in [0.05, 0.1) is 23.9 Å². The SMILES string of the molecule is N#Cc1ccccc1CN1C(=O)COc2cc(O)ccc21. The highest BCUT2D eigenvalue weighted by atomic mass is 16.5. The first-order chi connectivity index (χ1) is 10.2.